The Kier molecular flexibility index (Phi) is 14.2. The summed E-state index contributed by atoms with van der Waals surface area (Å²) >= 11 is 0. The molecule has 0 spiro atoms. The van der Waals surface area contributed by atoms with Gasteiger partial charge in [-0.2, -0.15) is 0 Å². The van der Waals surface area contributed by atoms with Crippen LogP contribution in [0.15, 0.2) is 52.3 Å². The predicted octanol–water partition coefficient (Wildman–Crippen LogP) is 9.46. The number of carbonyl (C=O) groups excluding carboxylic acids is 2. The van der Waals surface area contributed by atoms with E-state index in [4.69, 9.17) is 24.4 Å². The molecule has 0 aliphatic heterocycles. The maximum absolute atomic E-state index is 14.5. The smallest absolute Gasteiger partial charge is 0.305 e. The minimum absolute atomic E-state index is 0.00391. The molecule has 4 aliphatic rings. The monoisotopic (exact) mass is 880 g/mol. The SMILES string of the molecule is C[C@H](CCC(=O)OCCOCCOCCN=[N+]=[N-])C1CCC2C3CC[C@@H]4C[C@H](NC(=O)[C@H](Cc5c[nH]c6ccccc56)Cc5ccc([N+](=O)[O-])c6nonc56)CC[C@]4(C)C3CC[C@@]21C. The Morgan fingerprint density at radius 3 is 2.53 bits per heavy atom. The van der Waals surface area contributed by atoms with Crippen molar-refractivity contribution in [3.8, 4) is 0 Å². The summed E-state index contributed by atoms with van der Waals surface area (Å²) in [6, 6.07) is 11.3. The van der Waals surface area contributed by atoms with E-state index in [1.807, 2.05) is 24.4 Å². The molecule has 2 aromatic heterocycles. The first-order chi connectivity index (χ1) is 31.0. The van der Waals surface area contributed by atoms with Crippen LogP contribution in [0.2, 0.25) is 0 Å². The van der Waals surface area contributed by atoms with E-state index < -0.39 is 10.8 Å². The number of nitrogens with one attached hydrogen (secondary N) is 2. The summed E-state index contributed by atoms with van der Waals surface area (Å²) in [5.74, 6) is 3.10. The number of azide groups is 1. The number of fused-ring (bicyclic) bond motifs is 7. The first-order valence-electron chi connectivity index (χ1n) is 23.6. The number of esters is 1. The van der Waals surface area contributed by atoms with Gasteiger partial charge in [0, 0.05) is 53.0 Å². The molecule has 2 heterocycles. The van der Waals surface area contributed by atoms with Crippen LogP contribution >= 0.6 is 0 Å². The van der Waals surface area contributed by atoms with Crippen LogP contribution in [0.5, 0.6) is 0 Å². The van der Waals surface area contributed by atoms with Crippen molar-refractivity contribution in [2.45, 2.75) is 110 Å². The highest BCUT2D eigenvalue weighted by Crippen LogP contribution is 2.68. The lowest BCUT2D eigenvalue weighted by Gasteiger charge is -2.61. The van der Waals surface area contributed by atoms with E-state index in [0.717, 1.165) is 48.1 Å². The second-order valence-corrected chi connectivity index (χ2v) is 19.7. The van der Waals surface area contributed by atoms with Gasteiger partial charge in [-0.05, 0) is 162 Å². The van der Waals surface area contributed by atoms with Crippen molar-refractivity contribution in [1.29, 1.82) is 0 Å². The molecule has 16 heteroatoms. The number of hydrogen-bond donors (Lipinski definition) is 2. The maximum atomic E-state index is 14.5. The topological polar surface area (TPSA) is 220 Å². The standard InChI is InChI=1S/C48H64N8O8/c1-30(8-15-43(57)63-25-24-62-23-22-61-21-20-51-55-49)38-12-13-39-37-11-10-34-28-35(16-18-47(34,2)40(37)17-19-48(38,39)3)52-46(58)32(27-33-29-50-41-7-5-4-6-36(33)41)26-31-9-14-42(56(59)60)45-44(31)53-64-54-45/h4-7,9,14,29-30,32,34-35,37-40,50H,8,10-13,15-28H2,1-3H3,(H,52,58)/t30-,32+,34-,35-,37?,38?,39?,40?,47+,48-/m1/s1. The van der Waals surface area contributed by atoms with Crippen LogP contribution < -0.4 is 5.32 Å². The van der Waals surface area contributed by atoms with Crippen molar-refractivity contribution in [3.05, 3.63) is 74.3 Å². The molecule has 0 bridgehead atoms. The Morgan fingerprint density at radius 1 is 0.953 bits per heavy atom. The summed E-state index contributed by atoms with van der Waals surface area (Å²) in [6.07, 6.45) is 14.5. The Morgan fingerprint density at radius 2 is 1.70 bits per heavy atom. The second kappa shape index (κ2) is 20.0. The zero-order chi connectivity index (χ0) is 44.8. The van der Waals surface area contributed by atoms with E-state index in [2.05, 4.69) is 57.5 Å². The van der Waals surface area contributed by atoms with Gasteiger partial charge in [0.25, 0.3) is 0 Å². The van der Waals surface area contributed by atoms with Gasteiger partial charge >= 0.3 is 11.7 Å². The number of non-ortho nitro benzene ring substituents is 1. The number of carbonyl (C=O) groups is 2. The Bertz CT molecular complexity index is 2330. The van der Waals surface area contributed by atoms with Gasteiger partial charge in [-0.25, -0.2) is 4.63 Å². The van der Waals surface area contributed by atoms with Crippen molar-refractivity contribution in [3.63, 3.8) is 0 Å². The molecule has 4 fully saturated rings. The molecule has 344 valence electrons. The summed E-state index contributed by atoms with van der Waals surface area (Å²) in [4.78, 5) is 44.5. The third-order valence-corrected chi connectivity index (χ3v) is 16.5. The van der Waals surface area contributed by atoms with Crippen LogP contribution in [0.25, 0.3) is 32.4 Å². The Balaban J connectivity index is 0.852. The summed E-state index contributed by atoms with van der Waals surface area (Å²) in [5, 5.41) is 27.6. The minimum Gasteiger partial charge on any atom is -0.463 e. The minimum atomic E-state index is -0.488. The normalized spacial score (nSPS) is 28.4. The van der Waals surface area contributed by atoms with E-state index in [0.29, 0.717) is 92.9 Å². The summed E-state index contributed by atoms with van der Waals surface area (Å²) in [6.45, 7) is 9.47. The average Bonchev–Trinajstić information content (AvgIpc) is 4.04. The van der Waals surface area contributed by atoms with Crippen LogP contribution in [0.1, 0.15) is 103 Å². The first-order valence-corrected chi connectivity index (χ1v) is 23.6. The van der Waals surface area contributed by atoms with Crippen LogP contribution in [0.3, 0.4) is 0 Å². The Hall–Kier alpha value is -5.05. The number of aromatic amines is 1. The van der Waals surface area contributed by atoms with E-state index in [-0.39, 0.29) is 46.6 Å². The number of ether oxygens (including phenoxy) is 3. The molecule has 0 radical (unpaired) electrons. The molecule has 16 nitrogen and oxygen atoms in total. The third-order valence-electron chi connectivity index (χ3n) is 16.5. The van der Waals surface area contributed by atoms with Crippen LogP contribution in [0.4, 0.5) is 5.69 Å². The molecular weight excluding hydrogens is 817 g/mol. The summed E-state index contributed by atoms with van der Waals surface area (Å²) in [5.41, 5.74) is 11.8. The van der Waals surface area contributed by atoms with Crippen molar-refractivity contribution in [1.82, 2.24) is 20.6 Å². The lowest BCUT2D eigenvalue weighted by molar-refractivity contribution is -0.383. The first kappa shape index (κ1) is 45.5. The van der Waals surface area contributed by atoms with Crippen molar-refractivity contribution < 1.29 is 33.4 Å². The second-order valence-electron chi connectivity index (χ2n) is 19.7. The molecular formula is C48H64N8O8. The van der Waals surface area contributed by atoms with Crippen molar-refractivity contribution >= 4 is 39.5 Å². The molecule has 2 aromatic carbocycles. The number of nitrogens with zero attached hydrogens (tertiary/aromatic N) is 6. The molecule has 8 rings (SSSR count). The van der Waals surface area contributed by atoms with Gasteiger partial charge in [0.15, 0.2) is 0 Å². The highest BCUT2D eigenvalue weighted by Gasteiger charge is 2.60. The van der Waals surface area contributed by atoms with Gasteiger partial charge in [-0.1, -0.05) is 44.1 Å². The van der Waals surface area contributed by atoms with E-state index in [1.165, 1.54) is 44.6 Å². The molecule has 4 unspecified atom stereocenters. The van der Waals surface area contributed by atoms with Gasteiger partial charge in [-0.3, -0.25) is 19.7 Å². The summed E-state index contributed by atoms with van der Waals surface area (Å²) in [7, 11) is 0. The Labute approximate surface area is 374 Å². The number of nitro groups is 1. The van der Waals surface area contributed by atoms with Crippen molar-refractivity contribution in [2.75, 3.05) is 39.6 Å². The molecule has 10 atom stereocenters. The number of para-hydroxylation sites is 1. The van der Waals surface area contributed by atoms with Crippen molar-refractivity contribution in [2.24, 2.45) is 57.4 Å². The number of H-pyrrole nitrogens is 1. The number of rotatable bonds is 20. The average molecular weight is 881 g/mol. The van der Waals surface area contributed by atoms with Gasteiger partial charge in [0.1, 0.15) is 12.1 Å². The fourth-order valence-electron chi connectivity index (χ4n) is 13.3. The molecule has 2 N–H and O–H groups in total. The molecule has 0 saturated heterocycles. The number of benzene rings is 2. The number of aromatic nitrogens is 3. The molecule has 64 heavy (non-hydrogen) atoms. The highest BCUT2D eigenvalue weighted by atomic mass is 16.6. The predicted molar refractivity (Wildman–Crippen MR) is 240 cm³/mol. The number of nitro benzene ring substituents is 1. The third kappa shape index (κ3) is 9.51. The van der Waals surface area contributed by atoms with E-state index in [1.54, 1.807) is 6.07 Å². The quantitative estimate of drug-likeness (QED) is 0.0163. The number of amides is 1. The highest BCUT2D eigenvalue weighted by molar-refractivity contribution is 5.88. The molecule has 4 aliphatic carbocycles. The lowest BCUT2D eigenvalue weighted by atomic mass is 9.44. The van der Waals surface area contributed by atoms with Gasteiger partial charge < -0.3 is 24.5 Å². The van der Waals surface area contributed by atoms with Gasteiger partial charge in [-0.15, -0.1) is 0 Å². The molecule has 4 saturated carbocycles. The fraction of sp³-hybridized carbons (Fsp3) is 0.667. The molecule has 4 aromatic rings. The molecule has 1 amide bonds. The van der Waals surface area contributed by atoms with Crippen LogP contribution in [0, 0.1) is 62.4 Å². The van der Waals surface area contributed by atoms with Gasteiger partial charge in [0.05, 0.1) is 31.4 Å². The zero-order valence-corrected chi connectivity index (χ0v) is 37.5. The largest absolute Gasteiger partial charge is 0.463 e. The van der Waals surface area contributed by atoms with Crippen LogP contribution in [-0.2, 0) is 36.6 Å². The van der Waals surface area contributed by atoms with E-state index >= 15 is 0 Å². The fourth-order valence-corrected chi connectivity index (χ4v) is 13.3. The van der Waals surface area contributed by atoms with Gasteiger partial charge in [0.2, 0.25) is 11.4 Å². The zero-order valence-electron chi connectivity index (χ0n) is 37.5. The summed E-state index contributed by atoms with van der Waals surface area (Å²) < 4.78 is 21.3. The van der Waals surface area contributed by atoms with E-state index in [9.17, 15) is 19.7 Å². The lowest BCUT2D eigenvalue weighted by Crippen LogP contribution is -2.56. The maximum Gasteiger partial charge on any atom is 0.305 e. The van der Waals surface area contributed by atoms with Crippen LogP contribution in [-0.4, -0.2) is 77.7 Å². The number of hydrogen-bond acceptors (Lipinski definition) is 11.